The second-order valence-electron chi connectivity index (χ2n) is 9.41. The Morgan fingerprint density at radius 2 is 2.03 bits per heavy atom. The fraction of sp³-hybridized carbons (Fsp3) is 0.783. The molecule has 2 N–H and O–H groups in total. The van der Waals surface area contributed by atoms with E-state index in [1.165, 1.54) is 13.0 Å². The van der Waals surface area contributed by atoms with Crippen LogP contribution in [0.3, 0.4) is 0 Å². The maximum absolute atomic E-state index is 13.1. The fourth-order valence-corrected chi connectivity index (χ4v) is 6.37. The molecule has 29 heavy (non-hydrogen) atoms. The third-order valence-electron chi connectivity index (χ3n) is 8.01. The summed E-state index contributed by atoms with van der Waals surface area (Å²) < 4.78 is 41.4. The molecule has 0 aromatic rings. The molecule has 7 atom stereocenters. The van der Waals surface area contributed by atoms with E-state index in [0.717, 1.165) is 6.92 Å². The molecule has 0 spiro atoms. The predicted molar refractivity (Wildman–Crippen MR) is 105 cm³/mol. The molecule has 4 rings (SSSR count). The summed E-state index contributed by atoms with van der Waals surface area (Å²) in [4.78, 5) is 36.4. The van der Waals surface area contributed by atoms with Gasteiger partial charge in [-0.2, -0.15) is 0 Å². The number of allylic oxidation sites excluding steroid dienone is 1. The molecule has 0 bridgehead atoms. The van der Waals surface area contributed by atoms with Gasteiger partial charge in [-0.25, -0.2) is 0 Å². The zero-order valence-electron chi connectivity index (χ0n) is 21.2. The van der Waals surface area contributed by atoms with Crippen LogP contribution in [-0.2, 0) is 19.1 Å². The summed E-state index contributed by atoms with van der Waals surface area (Å²) in [6, 6.07) is 0. The second kappa shape index (κ2) is 6.74. The van der Waals surface area contributed by atoms with Crippen LogP contribution in [0.15, 0.2) is 11.6 Å². The first-order chi connectivity index (χ1) is 15.0. The lowest BCUT2D eigenvalue weighted by Gasteiger charge is -2.60. The number of hydrogen-bond acceptors (Lipinski definition) is 6. The molecule has 0 aromatic carbocycles. The van der Waals surface area contributed by atoms with Crippen molar-refractivity contribution in [2.75, 3.05) is 6.61 Å². The van der Waals surface area contributed by atoms with E-state index in [1.54, 1.807) is 6.92 Å². The van der Waals surface area contributed by atoms with E-state index >= 15 is 0 Å². The average Bonchev–Trinajstić information content (AvgIpc) is 3.00. The Hall–Kier alpha value is -1.53. The number of carbonyl (C=O) groups excluding carboxylic acids is 3. The van der Waals surface area contributed by atoms with Crippen LogP contribution in [0, 0.1) is 28.6 Å². The van der Waals surface area contributed by atoms with Crippen molar-refractivity contribution in [3.63, 3.8) is 0 Å². The van der Waals surface area contributed by atoms with Crippen molar-refractivity contribution in [1.82, 2.24) is 0 Å². The summed E-state index contributed by atoms with van der Waals surface area (Å²) in [5.74, 6) is -5.01. The molecule has 0 amide bonds. The minimum atomic E-state index is -3.00. The number of esters is 1. The predicted octanol–water partition coefficient (Wildman–Crippen LogP) is 2.35. The SMILES string of the molecule is [2H]C1([2H])[C@]([2H])(O)[C@@]2([2H])[C@@H](CCC3=CC(=O)CC[C@@]32C)[C@@H]2CC[C@](O)(C(=O)COC(C)=O)[C@]21C. The minimum absolute atomic E-state index is 0.0759. The lowest BCUT2D eigenvalue weighted by molar-refractivity contribution is -0.184. The van der Waals surface area contributed by atoms with Gasteiger partial charge in [-0.3, -0.25) is 14.4 Å². The van der Waals surface area contributed by atoms with Crippen LogP contribution in [0.2, 0.25) is 0 Å². The van der Waals surface area contributed by atoms with Gasteiger partial charge in [0.15, 0.2) is 12.4 Å². The minimum Gasteiger partial charge on any atom is -0.458 e. The smallest absolute Gasteiger partial charge is 0.303 e. The van der Waals surface area contributed by atoms with E-state index < -0.39 is 65.0 Å². The Bertz CT molecular complexity index is 963. The quantitative estimate of drug-likeness (QED) is 0.695. The first-order valence-electron chi connectivity index (χ1n) is 12.4. The van der Waals surface area contributed by atoms with E-state index in [2.05, 4.69) is 0 Å². The molecule has 3 fully saturated rings. The van der Waals surface area contributed by atoms with Crippen LogP contribution < -0.4 is 0 Å². The number of carbonyl (C=O) groups is 3. The highest BCUT2D eigenvalue weighted by molar-refractivity contribution is 5.92. The lowest BCUT2D eigenvalue weighted by Crippen LogP contribution is -2.62. The topological polar surface area (TPSA) is 101 Å². The van der Waals surface area contributed by atoms with E-state index in [-0.39, 0.29) is 31.5 Å². The maximum Gasteiger partial charge on any atom is 0.303 e. The molecular weight excluding hydrogens is 372 g/mol. The Morgan fingerprint density at radius 3 is 2.72 bits per heavy atom. The van der Waals surface area contributed by atoms with Crippen molar-refractivity contribution in [2.45, 2.75) is 77.4 Å². The molecule has 0 radical (unpaired) electrons. The zero-order chi connectivity index (χ0) is 24.8. The fourth-order valence-electron chi connectivity index (χ4n) is 6.37. The highest BCUT2D eigenvalue weighted by Gasteiger charge is 2.68. The van der Waals surface area contributed by atoms with Gasteiger partial charge in [0.2, 0.25) is 5.78 Å². The van der Waals surface area contributed by atoms with Gasteiger partial charge in [0.1, 0.15) is 5.60 Å². The molecule has 160 valence electrons. The number of aliphatic hydroxyl groups is 2. The van der Waals surface area contributed by atoms with Crippen LogP contribution in [0.5, 0.6) is 0 Å². The second-order valence-corrected chi connectivity index (χ2v) is 9.41. The van der Waals surface area contributed by atoms with Crippen LogP contribution in [0.4, 0.5) is 0 Å². The van der Waals surface area contributed by atoms with E-state index in [1.807, 2.05) is 0 Å². The van der Waals surface area contributed by atoms with E-state index in [0.29, 0.717) is 18.4 Å². The Kier molecular flexibility index (Phi) is 3.77. The van der Waals surface area contributed by atoms with E-state index in [9.17, 15) is 26.0 Å². The Labute approximate surface area is 177 Å². The third-order valence-corrected chi connectivity index (χ3v) is 8.01. The molecule has 3 saturated carbocycles. The summed E-state index contributed by atoms with van der Waals surface area (Å²) in [7, 11) is 0. The number of rotatable bonds is 3. The van der Waals surface area contributed by atoms with Gasteiger partial charge in [-0.15, -0.1) is 0 Å². The van der Waals surface area contributed by atoms with Crippen molar-refractivity contribution in [3.05, 3.63) is 11.6 Å². The van der Waals surface area contributed by atoms with Crippen molar-refractivity contribution < 1.29 is 34.8 Å². The Morgan fingerprint density at radius 1 is 1.31 bits per heavy atom. The van der Waals surface area contributed by atoms with Crippen molar-refractivity contribution in [3.8, 4) is 0 Å². The summed E-state index contributed by atoms with van der Waals surface area (Å²) in [5.41, 5.74) is -4.59. The largest absolute Gasteiger partial charge is 0.458 e. The first-order valence-corrected chi connectivity index (χ1v) is 10.4. The number of ether oxygens (including phenoxy) is 1. The molecule has 6 heteroatoms. The molecule has 0 heterocycles. The normalized spacial score (nSPS) is 55.1. The maximum atomic E-state index is 13.1. The molecule has 0 saturated heterocycles. The van der Waals surface area contributed by atoms with Crippen molar-refractivity contribution >= 4 is 17.5 Å². The molecule has 4 aliphatic carbocycles. The van der Waals surface area contributed by atoms with Crippen LogP contribution >= 0.6 is 0 Å². The number of fused-ring (bicyclic) bond motifs is 5. The zero-order valence-corrected chi connectivity index (χ0v) is 17.2. The van der Waals surface area contributed by atoms with Gasteiger partial charge in [0, 0.05) is 22.9 Å². The van der Waals surface area contributed by atoms with Crippen LogP contribution in [-0.4, -0.2) is 46.0 Å². The van der Waals surface area contributed by atoms with Crippen LogP contribution in [0.1, 0.15) is 71.2 Å². The van der Waals surface area contributed by atoms with Crippen molar-refractivity contribution in [1.29, 1.82) is 0 Å². The molecule has 4 aliphatic rings. The summed E-state index contributed by atoms with van der Waals surface area (Å²) in [6.45, 7) is 3.50. The van der Waals surface area contributed by atoms with Crippen molar-refractivity contribution in [2.24, 2.45) is 28.6 Å². The average molecular weight is 409 g/mol. The highest BCUT2D eigenvalue weighted by Crippen LogP contribution is 2.67. The monoisotopic (exact) mass is 408 g/mol. The van der Waals surface area contributed by atoms with Gasteiger partial charge < -0.3 is 14.9 Å². The summed E-state index contributed by atoms with van der Waals surface area (Å²) in [5, 5.41) is 23.3. The van der Waals surface area contributed by atoms with Gasteiger partial charge >= 0.3 is 5.97 Å². The number of ketones is 2. The standard InChI is InChI=1S/C23H32O6/c1-13(24)29-12-19(27)23(28)9-7-17-16-5-4-14-10-15(25)6-8-21(14,2)20(16)18(26)11-22(17,23)3/h10,16-18,20,26,28H,4-9,11-12H2,1-3H3/t16-,17-,18-,20+,21-,22-,23-/m0/s1/i11D2,18D,20D. The Balaban J connectivity index is 1.88. The highest BCUT2D eigenvalue weighted by atomic mass is 16.5. The summed E-state index contributed by atoms with van der Waals surface area (Å²) in [6.07, 6.45) is -3.07. The number of hydrogen-bond donors (Lipinski definition) is 2. The van der Waals surface area contributed by atoms with Gasteiger partial charge in [-0.05, 0) is 67.7 Å². The molecule has 0 aromatic heterocycles. The van der Waals surface area contributed by atoms with E-state index in [4.69, 9.17) is 8.85 Å². The molecule has 0 aliphatic heterocycles. The van der Waals surface area contributed by atoms with Gasteiger partial charge in [0.25, 0.3) is 0 Å². The van der Waals surface area contributed by atoms with Gasteiger partial charge in [-0.1, -0.05) is 19.4 Å². The third kappa shape index (κ3) is 2.86. The van der Waals surface area contributed by atoms with Crippen LogP contribution in [0.25, 0.3) is 0 Å². The molecule has 6 nitrogen and oxygen atoms in total. The molecule has 0 unspecified atom stereocenters. The van der Waals surface area contributed by atoms with Gasteiger partial charge in [0.05, 0.1) is 7.45 Å². The molecular formula is C23H32O6. The number of Topliss-reactive ketones (excluding diaryl/α,β-unsaturated/α-hetero) is 1. The first kappa shape index (κ1) is 16.2. The lowest BCUT2D eigenvalue weighted by atomic mass is 9.45. The summed E-state index contributed by atoms with van der Waals surface area (Å²) >= 11 is 0.